The quantitative estimate of drug-likeness (QED) is 0.809. The molecule has 3 heterocycles. The first-order chi connectivity index (χ1) is 9.11. The smallest absolute Gasteiger partial charge is 0.317 e. The number of fused-ring (bicyclic) bond motifs is 1. The molecule has 2 aliphatic heterocycles. The zero-order valence-corrected chi connectivity index (χ0v) is 11.5. The molecule has 0 spiro atoms. The zero-order valence-electron chi connectivity index (χ0n) is 10.8. The van der Waals surface area contributed by atoms with E-state index >= 15 is 0 Å². The highest BCUT2D eigenvalue weighted by Crippen LogP contribution is 2.16. The number of halogens is 1. The van der Waals surface area contributed by atoms with Crippen LogP contribution in [0.1, 0.15) is 11.5 Å². The van der Waals surface area contributed by atoms with Gasteiger partial charge in [0.15, 0.2) is 0 Å². The van der Waals surface area contributed by atoms with Gasteiger partial charge < -0.3 is 10.2 Å². The highest BCUT2D eigenvalue weighted by atomic mass is 35.5. The topological polar surface area (TPSA) is 61.4 Å². The molecule has 1 atom stereocenters. The molecule has 0 saturated carbocycles. The number of urea groups is 1. The third-order valence-corrected chi connectivity index (χ3v) is 3.74. The normalized spacial score (nSPS) is 23.4. The molecule has 0 radical (unpaired) electrons. The van der Waals surface area contributed by atoms with Gasteiger partial charge >= 0.3 is 6.03 Å². The van der Waals surface area contributed by atoms with Crippen LogP contribution in [0.25, 0.3) is 0 Å². The fourth-order valence-electron chi connectivity index (χ4n) is 2.67. The molecular formula is C12H16ClN5O. The lowest BCUT2D eigenvalue weighted by molar-refractivity contribution is 0.114. The average molecular weight is 282 g/mol. The van der Waals surface area contributed by atoms with Gasteiger partial charge in [0, 0.05) is 31.9 Å². The van der Waals surface area contributed by atoms with Crippen molar-refractivity contribution in [1.29, 1.82) is 0 Å². The molecule has 2 amide bonds. The summed E-state index contributed by atoms with van der Waals surface area (Å²) < 4.78 is 0. The van der Waals surface area contributed by atoms with Crippen LogP contribution in [-0.2, 0) is 6.54 Å². The highest BCUT2D eigenvalue weighted by Gasteiger charge is 2.35. The first kappa shape index (κ1) is 12.6. The van der Waals surface area contributed by atoms with Gasteiger partial charge in [0.1, 0.15) is 11.0 Å². The minimum Gasteiger partial charge on any atom is -0.336 e. The van der Waals surface area contributed by atoms with Crippen LogP contribution in [0.15, 0.2) is 6.07 Å². The van der Waals surface area contributed by atoms with Crippen LogP contribution in [0.5, 0.6) is 0 Å². The van der Waals surface area contributed by atoms with E-state index in [9.17, 15) is 4.79 Å². The van der Waals surface area contributed by atoms with Crippen LogP contribution in [0.3, 0.4) is 0 Å². The van der Waals surface area contributed by atoms with Crippen molar-refractivity contribution >= 4 is 17.6 Å². The van der Waals surface area contributed by atoms with Crippen LogP contribution in [0.4, 0.5) is 4.79 Å². The van der Waals surface area contributed by atoms with Crippen molar-refractivity contribution in [2.75, 3.05) is 26.2 Å². The molecule has 2 saturated heterocycles. The summed E-state index contributed by atoms with van der Waals surface area (Å²) in [4.78, 5) is 24.3. The van der Waals surface area contributed by atoms with Crippen LogP contribution < -0.4 is 5.32 Å². The summed E-state index contributed by atoms with van der Waals surface area (Å²) in [5.74, 6) is 0.746. The largest absolute Gasteiger partial charge is 0.336 e. The van der Waals surface area contributed by atoms with Crippen LogP contribution in [0, 0.1) is 6.92 Å². The van der Waals surface area contributed by atoms with E-state index in [0.29, 0.717) is 11.7 Å². The minimum absolute atomic E-state index is 0.0551. The summed E-state index contributed by atoms with van der Waals surface area (Å²) in [7, 11) is 0. The summed E-state index contributed by atoms with van der Waals surface area (Å²) in [6.45, 7) is 5.78. The van der Waals surface area contributed by atoms with Crippen LogP contribution in [0.2, 0.25) is 5.15 Å². The van der Waals surface area contributed by atoms with Crippen LogP contribution >= 0.6 is 11.6 Å². The van der Waals surface area contributed by atoms with Crippen molar-refractivity contribution in [3.05, 3.63) is 22.7 Å². The summed E-state index contributed by atoms with van der Waals surface area (Å²) in [5.41, 5.74) is 0.881. The van der Waals surface area contributed by atoms with Gasteiger partial charge in [0.25, 0.3) is 0 Å². The molecule has 7 heteroatoms. The molecule has 102 valence electrons. The monoisotopic (exact) mass is 281 g/mol. The molecular weight excluding hydrogens is 266 g/mol. The maximum Gasteiger partial charge on any atom is 0.317 e. The van der Waals surface area contributed by atoms with E-state index < -0.39 is 0 Å². The Labute approximate surface area is 116 Å². The number of hydrogen-bond acceptors (Lipinski definition) is 4. The Kier molecular flexibility index (Phi) is 3.28. The van der Waals surface area contributed by atoms with Crippen LogP contribution in [-0.4, -0.2) is 58.0 Å². The first-order valence-corrected chi connectivity index (χ1v) is 6.76. The fraction of sp³-hybridized carbons (Fsp3) is 0.583. The molecule has 3 rings (SSSR count). The van der Waals surface area contributed by atoms with Crippen molar-refractivity contribution in [3.63, 3.8) is 0 Å². The van der Waals surface area contributed by atoms with E-state index in [1.807, 2.05) is 11.8 Å². The molecule has 1 N–H and O–H groups in total. The minimum atomic E-state index is 0.0551. The van der Waals surface area contributed by atoms with Crippen molar-refractivity contribution in [2.24, 2.45) is 0 Å². The van der Waals surface area contributed by atoms with E-state index in [0.717, 1.165) is 37.7 Å². The molecule has 1 aromatic rings. The molecule has 19 heavy (non-hydrogen) atoms. The number of aromatic nitrogens is 2. The molecule has 1 aromatic heterocycles. The maximum atomic E-state index is 11.5. The van der Waals surface area contributed by atoms with Gasteiger partial charge in [0.2, 0.25) is 0 Å². The van der Waals surface area contributed by atoms with E-state index in [-0.39, 0.29) is 12.1 Å². The zero-order chi connectivity index (χ0) is 13.4. The highest BCUT2D eigenvalue weighted by molar-refractivity contribution is 6.29. The third kappa shape index (κ3) is 2.64. The van der Waals surface area contributed by atoms with Crippen molar-refractivity contribution in [3.8, 4) is 0 Å². The fourth-order valence-corrected chi connectivity index (χ4v) is 2.93. The SMILES string of the molecule is Cc1cc(Cl)nc(CN2CCN3C(=O)NCC3C2)n1. The van der Waals surface area contributed by atoms with Gasteiger partial charge in [-0.05, 0) is 13.0 Å². The first-order valence-electron chi connectivity index (χ1n) is 6.39. The van der Waals surface area contributed by atoms with Gasteiger partial charge in [-0.15, -0.1) is 0 Å². The van der Waals surface area contributed by atoms with E-state index in [4.69, 9.17) is 11.6 Å². The van der Waals surface area contributed by atoms with E-state index in [1.165, 1.54) is 0 Å². The Bertz CT molecular complexity index is 489. The summed E-state index contributed by atoms with van der Waals surface area (Å²) in [6, 6.07) is 2.07. The van der Waals surface area contributed by atoms with Gasteiger partial charge in [-0.3, -0.25) is 4.90 Å². The van der Waals surface area contributed by atoms with Gasteiger partial charge in [-0.25, -0.2) is 14.8 Å². The Balaban J connectivity index is 1.66. The molecule has 2 fully saturated rings. The van der Waals surface area contributed by atoms with E-state index in [2.05, 4.69) is 20.2 Å². The van der Waals surface area contributed by atoms with Gasteiger partial charge in [0.05, 0.1) is 12.6 Å². The Hall–Kier alpha value is -1.40. The number of amides is 2. The summed E-state index contributed by atoms with van der Waals surface area (Å²) in [6.07, 6.45) is 0. The van der Waals surface area contributed by atoms with Gasteiger partial charge in [-0.2, -0.15) is 0 Å². The number of carbonyl (C=O) groups is 1. The summed E-state index contributed by atoms with van der Waals surface area (Å²) in [5, 5.41) is 3.36. The molecule has 1 unspecified atom stereocenters. The number of carbonyl (C=O) groups excluding carboxylic acids is 1. The number of nitrogens with one attached hydrogen (secondary N) is 1. The number of hydrogen-bond donors (Lipinski definition) is 1. The Morgan fingerprint density at radius 3 is 3.11 bits per heavy atom. The second kappa shape index (κ2) is 4.94. The maximum absolute atomic E-state index is 11.5. The van der Waals surface area contributed by atoms with Crippen molar-refractivity contribution < 1.29 is 4.79 Å². The second-order valence-corrected chi connectivity index (χ2v) is 5.40. The Morgan fingerprint density at radius 1 is 1.47 bits per heavy atom. The predicted octanol–water partition coefficient (Wildman–Crippen LogP) is 0.648. The van der Waals surface area contributed by atoms with Crippen molar-refractivity contribution in [2.45, 2.75) is 19.5 Å². The third-order valence-electron chi connectivity index (χ3n) is 3.55. The lowest BCUT2D eigenvalue weighted by atomic mass is 10.2. The van der Waals surface area contributed by atoms with E-state index in [1.54, 1.807) is 6.07 Å². The average Bonchev–Trinajstić information content (AvgIpc) is 2.69. The number of rotatable bonds is 2. The molecule has 0 bridgehead atoms. The molecule has 2 aliphatic rings. The lowest BCUT2D eigenvalue weighted by Gasteiger charge is -2.35. The number of nitrogens with zero attached hydrogens (tertiary/aromatic N) is 4. The number of aryl methyl sites for hydroxylation is 1. The second-order valence-electron chi connectivity index (χ2n) is 5.02. The molecule has 0 aliphatic carbocycles. The Morgan fingerprint density at radius 2 is 2.32 bits per heavy atom. The number of piperazine rings is 1. The van der Waals surface area contributed by atoms with Gasteiger partial charge in [-0.1, -0.05) is 11.6 Å². The standard InChI is InChI=1S/C12H16ClN5O/c1-8-4-10(13)16-11(15-8)7-17-2-3-18-9(6-17)5-14-12(18)19/h4,9H,2-3,5-7H2,1H3,(H,14,19). The predicted molar refractivity (Wildman–Crippen MR) is 70.9 cm³/mol. The molecule has 0 aromatic carbocycles. The van der Waals surface area contributed by atoms with Crippen molar-refractivity contribution in [1.82, 2.24) is 25.1 Å². The summed E-state index contributed by atoms with van der Waals surface area (Å²) >= 11 is 5.94. The lowest BCUT2D eigenvalue weighted by Crippen LogP contribution is -2.51. The molecule has 6 nitrogen and oxygen atoms in total.